The molecule has 1 aromatic rings. The zero-order valence-corrected chi connectivity index (χ0v) is 9.99. The van der Waals surface area contributed by atoms with Crippen molar-refractivity contribution in [2.45, 2.75) is 13.3 Å². The van der Waals surface area contributed by atoms with Crippen LogP contribution in [-0.2, 0) is 20.3 Å². The predicted octanol–water partition coefficient (Wildman–Crippen LogP) is -0.912. The van der Waals surface area contributed by atoms with Gasteiger partial charge in [-0.2, -0.15) is 0 Å². The van der Waals surface area contributed by atoms with Gasteiger partial charge in [-0.3, -0.25) is 0 Å². The molecule has 6 nitrogen and oxygen atoms in total. The summed E-state index contributed by atoms with van der Waals surface area (Å²) in [5, 5.41) is 3.56. The van der Waals surface area contributed by atoms with Gasteiger partial charge in [0, 0.05) is 0 Å². The third-order valence-electron chi connectivity index (χ3n) is 1.59. The molecule has 0 spiro atoms. The predicted molar refractivity (Wildman–Crippen MR) is 47.4 cm³/mol. The van der Waals surface area contributed by atoms with Gasteiger partial charge in [0.2, 0.25) is 0 Å². The average molecular weight is 281 g/mol. The van der Waals surface area contributed by atoms with Crippen LogP contribution in [0, 0.1) is 6.92 Å². The van der Waals surface area contributed by atoms with Crippen LogP contribution in [-0.4, -0.2) is 39.6 Å². The van der Waals surface area contributed by atoms with E-state index in [-0.39, 0.29) is 6.42 Å². The van der Waals surface area contributed by atoms with Gasteiger partial charge in [-0.05, 0) is 0 Å². The number of rotatable bonds is 4. The molecule has 8 heteroatoms. The number of aromatic nitrogens is 1. The van der Waals surface area contributed by atoms with Crippen LogP contribution in [0.15, 0.2) is 4.52 Å². The molecular formula is C6H8AsNO5S. The van der Waals surface area contributed by atoms with Crippen LogP contribution in [0.3, 0.4) is 0 Å². The van der Waals surface area contributed by atoms with Crippen molar-refractivity contribution in [1.82, 2.24) is 5.16 Å². The van der Waals surface area contributed by atoms with Gasteiger partial charge in [0.05, 0.1) is 0 Å². The molecule has 0 radical (unpaired) electrons. The normalized spacial score (nSPS) is 12.1. The first-order valence-corrected chi connectivity index (χ1v) is 6.99. The molecule has 0 bridgehead atoms. The minimum atomic E-state index is -4.01. The Balaban J connectivity index is 2.82. The van der Waals surface area contributed by atoms with Crippen molar-refractivity contribution in [2.75, 3.05) is 5.75 Å². The fourth-order valence-corrected chi connectivity index (χ4v) is 2.27. The average Bonchev–Trinajstić information content (AvgIpc) is 2.41. The maximum absolute atomic E-state index is 10.7. The van der Waals surface area contributed by atoms with Gasteiger partial charge in [0.15, 0.2) is 0 Å². The third-order valence-corrected chi connectivity index (χ3v) is 3.89. The Morgan fingerprint density at radius 2 is 2.21 bits per heavy atom. The molecule has 1 heterocycles. The molecule has 0 unspecified atom stereocenters. The zero-order chi connectivity index (χ0) is 10.8. The molecule has 0 saturated carbocycles. The summed E-state index contributed by atoms with van der Waals surface area (Å²) in [4.78, 5) is 0. The summed E-state index contributed by atoms with van der Waals surface area (Å²) >= 11 is -1.29. The molecule has 0 atom stereocenters. The Bertz CT molecular complexity index is 437. The molecule has 14 heavy (non-hydrogen) atoms. The summed E-state index contributed by atoms with van der Waals surface area (Å²) in [6, 6.07) is 0. The first-order valence-electron chi connectivity index (χ1n) is 3.67. The van der Waals surface area contributed by atoms with Crippen LogP contribution in [0.1, 0.15) is 11.5 Å². The molecule has 0 aliphatic heterocycles. The monoisotopic (exact) mass is 281 g/mol. The molecular weight excluding hydrogens is 273 g/mol. The van der Waals surface area contributed by atoms with E-state index in [0.29, 0.717) is 15.8 Å². The Hall–Kier alpha value is -0.522. The van der Waals surface area contributed by atoms with Crippen LogP contribution >= 0.6 is 0 Å². The van der Waals surface area contributed by atoms with Crippen molar-refractivity contribution in [3.63, 3.8) is 0 Å². The van der Waals surface area contributed by atoms with Crippen molar-refractivity contribution in [2.24, 2.45) is 0 Å². The number of aryl methyl sites for hydroxylation is 2. The van der Waals surface area contributed by atoms with E-state index in [2.05, 4.69) is 5.16 Å². The summed E-state index contributed by atoms with van der Waals surface area (Å²) in [6.07, 6.45) is 0.0172. The number of nitrogens with zero attached hydrogens (tertiary/aromatic N) is 1. The summed E-state index contributed by atoms with van der Waals surface area (Å²) in [5.74, 6) is -0.00191. The molecule has 0 saturated heterocycles. The Morgan fingerprint density at radius 1 is 1.57 bits per heavy atom. The van der Waals surface area contributed by atoms with Gasteiger partial charge in [0.1, 0.15) is 0 Å². The van der Waals surface area contributed by atoms with Crippen molar-refractivity contribution in [1.29, 1.82) is 0 Å². The van der Waals surface area contributed by atoms with E-state index >= 15 is 0 Å². The van der Waals surface area contributed by atoms with Crippen molar-refractivity contribution in [3.8, 4) is 0 Å². The second-order valence-corrected chi connectivity index (χ2v) is 5.55. The van der Waals surface area contributed by atoms with E-state index in [9.17, 15) is 12.2 Å². The fraction of sp³-hybridized carbons (Fsp3) is 0.500. The Kier molecular flexibility index (Phi) is 3.58. The van der Waals surface area contributed by atoms with Gasteiger partial charge in [0.25, 0.3) is 0 Å². The summed E-state index contributed by atoms with van der Waals surface area (Å²) in [7, 11) is -4.01. The van der Waals surface area contributed by atoms with Crippen LogP contribution in [0.4, 0.5) is 0 Å². The first-order chi connectivity index (χ1) is 6.44. The SMILES string of the molecule is Cc1onc(CCS(=O)(=O)O)c1[As]=O. The molecule has 0 aliphatic carbocycles. The quantitative estimate of drug-likeness (QED) is 0.566. The second kappa shape index (κ2) is 4.33. The fourth-order valence-electron chi connectivity index (χ4n) is 0.920. The van der Waals surface area contributed by atoms with Crippen molar-refractivity contribution < 1.29 is 21.2 Å². The number of hydrogen-bond donors (Lipinski definition) is 1. The molecule has 0 fully saturated rings. The topological polar surface area (TPSA) is 97.5 Å². The Morgan fingerprint density at radius 3 is 2.71 bits per heavy atom. The molecule has 0 amide bonds. The summed E-state index contributed by atoms with van der Waals surface area (Å²) in [6.45, 7) is 1.60. The van der Waals surface area contributed by atoms with E-state index in [1.807, 2.05) is 0 Å². The van der Waals surface area contributed by atoms with E-state index in [0.717, 1.165) is 0 Å². The van der Waals surface area contributed by atoms with Crippen molar-refractivity contribution >= 4 is 30.2 Å². The first kappa shape index (κ1) is 11.6. The zero-order valence-electron chi connectivity index (χ0n) is 7.30. The van der Waals surface area contributed by atoms with Gasteiger partial charge in [-0.1, -0.05) is 0 Å². The van der Waals surface area contributed by atoms with E-state index in [1.54, 1.807) is 6.92 Å². The Labute approximate surface area is 87.3 Å². The van der Waals surface area contributed by atoms with Gasteiger partial charge < -0.3 is 0 Å². The molecule has 78 valence electrons. The molecule has 0 aliphatic rings. The molecule has 0 aromatic carbocycles. The van der Waals surface area contributed by atoms with E-state index < -0.39 is 31.6 Å². The van der Waals surface area contributed by atoms with Gasteiger partial charge >= 0.3 is 87.1 Å². The standard InChI is InChI=1S/C6H8AsNO5S/c1-4-6(7-9)5(8-13-4)2-3-14(10,11)12/h2-3H2,1H3,(H,10,11,12). The van der Waals surface area contributed by atoms with E-state index in [1.165, 1.54) is 0 Å². The second-order valence-electron chi connectivity index (χ2n) is 2.66. The minimum absolute atomic E-state index is 0.0172. The third kappa shape index (κ3) is 3.01. The van der Waals surface area contributed by atoms with Crippen LogP contribution in [0.25, 0.3) is 0 Å². The van der Waals surface area contributed by atoms with Gasteiger partial charge in [-0.15, -0.1) is 0 Å². The molecule has 1 N–H and O–H groups in total. The van der Waals surface area contributed by atoms with E-state index in [4.69, 9.17) is 9.08 Å². The number of hydrogen-bond acceptors (Lipinski definition) is 5. The summed E-state index contributed by atoms with van der Waals surface area (Å²) in [5.41, 5.74) is 0.343. The summed E-state index contributed by atoms with van der Waals surface area (Å²) < 4.78 is 45.3. The molecule has 1 aromatic heterocycles. The van der Waals surface area contributed by atoms with Crippen LogP contribution in [0.5, 0.6) is 0 Å². The van der Waals surface area contributed by atoms with Crippen LogP contribution < -0.4 is 4.35 Å². The maximum atomic E-state index is 10.7. The molecule has 1 rings (SSSR count). The van der Waals surface area contributed by atoms with Crippen LogP contribution in [0.2, 0.25) is 0 Å². The van der Waals surface area contributed by atoms with Crippen molar-refractivity contribution in [3.05, 3.63) is 11.5 Å². The van der Waals surface area contributed by atoms with Gasteiger partial charge in [-0.25, -0.2) is 0 Å².